The van der Waals surface area contributed by atoms with Crippen LogP contribution in [0.15, 0.2) is 54.9 Å². The molecule has 0 amide bonds. The zero-order valence-electron chi connectivity index (χ0n) is 14.3. The average Bonchev–Trinajstić information content (AvgIpc) is 3.22. The Kier molecular flexibility index (Phi) is 4.10. The number of hydrogen-bond acceptors (Lipinski definition) is 5. The Labute approximate surface area is 158 Å². The van der Waals surface area contributed by atoms with Gasteiger partial charge in [-0.15, -0.1) is 0 Å². The summed E-state index contributed by atoms with van der Waals surface area (Å²) in [6.07, 6.45) is 3.01. The van der Waals surface area contributed by atoms with E-state index in [4.69, 9.17) is 18.7 Å². The Hall–Kier alpha value is -3.69. The summed E-state index contributed by atoms with van der Waals surface area (Å²) in [5, 5.41) is 26.8. The number of aromatic amines is 1. The lowest BCUT2D eigenvalue weighted by Gasteiger charge is -2.19. The van der Waals surface area contributed by atoms with Gasteiger partial charge in [0, 0.05) is 22.7 Å². The quantitative estimate of drug-likeness (QED) is 0.288. The predicted molar refractivity (Wildman–Crippen MR) is 99.8 cm³/mol. The van der Waals surface area contributed by atoms with Crippen LogP contribution in [0.2, 0.25) is 0 Å². The zero-order valence-corrected chi connectivity index (χ0v) is 14.3. The van der Waals surface area contributed by atoms with Gasteiger partial charge in [-0.05, 0) is 29.9 Å². The molecule has 3 heterocycles. The van der Waals surface area contributed by atoms with Gasteiger partial charge in [0.15, 0.2) is 5.84 Å². The second-order valence-electron chi connectivity index (χ2n) is 6.07. The Morgan fingerprint density at radius 2 is 1.96 bits per heavy atom. The number of rotatable bonds is 3. The van der Waals surface area contributed by atoms with Gasteiger partial charge in [0.2, 0.25) is 0 Å². The van der Waals surface area contributed by atoms with Gasteiger partial charge in [-0.3, -0.25) is 20.9 Å². The summed E-state index contributed by atoms with van der Waals surface area (Å²) in [5.74, 6) is -4.82. The lowest BCUT2D eigenvalue weighted by Crippen LogP contribution is -2.39. The lowest BCUT2D eigenvalue weighted by molar-refractivity contribution is 0.0697. The fraction of sp³-hybridized carbons (Fsp3) is 0.0556. The molecule has 1 aromatic carbocycles. The van der Waals surface area contributed by atoms with Crippen LogP contribution in [0.25, 0.3) is 22.2 Å². The molecule has 4 aromatic rings. The van der Waals surface area contributed by atoms with Crippen LogP contribution < -0.4 is 11.1 Å². The van der Waals surface area contributed by atoms with Gasteiger partial charge < -0.3 is 0 Å². The molecule has 0 aliphatic carbocycles. The SMILES string of the molecule is [B]c1ccc2cc(C(F)(F)C(=N)n3nc(-c4cn[nH]c4)ccc3=N)ccc2n1. The maximum atomic E-state index is 15.1. The van der Waals surface area contributed by atoms with Crippen molar-refractivity contribution in [3.8, 4) is 11.3 Å². The van der Waals surface area contributed by atoms with Crippen molar-refractivity contribution in [2.24, 2.45) is 0 Å². The van der Waals surface area contributed by atoms with E-state index in [1.165, 1.54) is 42.6 Å². The van der Waals surface area contributed by atoms with Crippen molar-refractivity contribution in [1.82, 2.24) is 25.0 Å². The molecule has 136 valence electrons. The minimum absolute atomic E-state index is 0.286. The zero-order chi connectivity index (χ0) is 19.9. The maximum absolute atomic E-state index is 15.1. The van der Waals surface area contributed by atoms with E-state index in [-0.39, 0.29) is 11.1 Å². The second-order valence-corrected chi connectivity index (χ2v) is 6.07. The number of benzene rings is 1. The Balaban J connectivity index is 1.77. The molecule has 2 radical (unpaired) electrons. The summed E-state index contributed by atoms with van der Waals surface area (Å²) in [4.78, 5) is 4.08. The fourth-order valence-corrected chi connectivity index (χ4v) is 2.75. The molecule has 28 heavy (non-hydrogen) atoms. The van der Waals surface area contributed by atoms with Crippen molar-refractivity contribution >= 4 is 30.2 Å². The van der Waals surface area contributed by atoms with Gasteiger partial charge in [-0.25, -0.2) is 0 Å². The maximum Gasteiger partial charge on any atom is 0.331 e. The van der Waals surface area contributed by atoms with Crippen LogP contribution in [-0.2, 0) is 5.92 Å². The van der Waals surface area contributed by atoms with Crippen LogP contribution in [0.5, 0.6) is 0 Å². The highest BCUT2D eigenvalue weighted by Gasteiger charge is 2.39. The van der Waals surface area contributed by atoms with Crippen LogP contribution in [-0.4, -0.2) is 38.6 Å². The van der Waals surface area contributed by atoms with E-state index in [0.717, 1.165) is 0 Å². The molecule has 0 bridgehead atoms. The number of nitrogens with zero attached hydrogens (tertiary/aromatic N) is 4. The summed E-state index contributed by atoms with van der Waals surface area (Å²) >= 11 is 0. The van der Waals surface area contributed by atoms with Gasteiger partial charge >= 0.3 is 5.92 Å². The van der Waals surface area contributed by atoms with Gasteiger partial charge in [-0.2, -0.15) is 23.7 Å². The highest BCUT2D eigenvalue weighted by molar-refractivity contribution is 6.31. The molecule has 0 aliphatic heterocycles. The van der Waals surface area contributed by atoms with Gasteiger partial charge in [0.05, 0.1) is 17.4 Å². The van der Waals surface area contributed by atoms with Crippen LogP contribution in [0.3, 0.4) is 0 Å². The summed E-state index contributed by atoms with van der Waals surface area (Å²) in [6, 6.07) is 9.76. The molecular weight excluding hydrogens is 363 g/mol. The van der Waals surface area contributed by atoms with Crippen molar-refractivity contribution in [3.05, 3.63) is 65.9 Å². The smallest absolute Gasteiger partial charge is 0.285 e. The van der Waals surface area contributed by atoms with E-state index < -0.39 is 17.3 Å². The minimum Gasteiger partial charge on any atom is -0.285 e. The van der Waals surface area contributed by atoms with E-state index in [1.54, 1.807) is 12.3 Å². The van der Waals surface area contributed by atoms with Crippen LogP contribution in [0, 0.1) is 10.8 Å². The summed E-state index contributed by atoms with van der Waals surface area (Å²) in [6.45, 7) is 0. The van der Waals surface area contributed by atoms with Gasteiger partial charge in [-0.1, -0.05) is 18.2 Å². The van der Waals surface area contributed by atoms with E-state index >= 15 is 8.78 Å². The minimum atomic E-state index is -3.68. The highest BCUT2D eigenvalue weighted by Crippen LogP contribution is 2.31. The molecular formula is C18H12BF2N7. The van der Waals surface area contributed by atoms with Crippen molar-refractivity contribution in [2.45, 2.75) is 5.92 Å². The van der Waals surface area contributed by atoms with Gasteiger partial charge in [0.25, 0.3) is 0 Å². The first kappa shape index (κ1) is 17.7. The third kappa shape index (κ3) is 2.98. The number of aromatic nitrogens is 5. The highest BCUT2D eigenvalue weighted by atomic mass is 19.3. The molecule has 0 aliphatic rings. The monoisotopic (exact) mass is 375 g/mol. The van der Waals surface area contributed by atoms with E-state index in [1.807, 2.05) is 0 Å². The normalized spacial score (nSPS) is 11.6. The number of alkyl halides is 2. The first-order valence-corrected chi connectivity index (χ1v) is 8.14. The average molecular weight is 375 g/mol. The number of pyridine rings is 1. The third-order valence-electron chi connectivity index (χ3n) is 4.21. The van der Waals surface area contributed by atoms with Crippen LogP contribution in [0.1, 0.15) is 5.56 Å². The Morgan fingerprint density at radius 1 is 1.14 bits per heavy atom. The first-order valence-electron chi connectivity index (χ1n) is 8.14. The molecule has 0 saturated carbocycles. The van der Waals surface area contributed by atoms with Crippen LogP contribution in [0.4, 0.5) is 8.78 Å². The van der Waals surface area contributed by atoms with E-state index in [9.17, 15) is 0 Å². The number of fused-ring (bicyclic) bond motifs is 1. The molecule has 3 aromatic heterocycles. The fourth-order valence-electron chi connectivity index (χ4n) is 2.75. The van der Waals surface area contributed by atoms with E-state index in [2.05, 4.69) is 20.3 Å². The van der Waals surface area contributed by atoms with Gasteiger partial charge in [0.1, 0.15) is 13.3 Å². The number of hydrogen-bond donors (Lipinski definition) is 3. The molecule has 4 rings (SSSR count). The molecule has 0 unspecified atom stereocenters. The Morgan fingerprint density at radius 3 is 2.71 bits per heavy atom. The van der Waals surface area contributed by atoms with Crippen molar-refractivity contribution in [1.29, 1.82) is 10.8 Å². The van der Waals surface area contributed by atoms with Crippen LogP contribution >= 0.6 is 0 Å². The molecule has 3 N–H and O–H groups in total. The summed E-state index contributed by atoms with van der Waals surface area (Å²) in [5.41, 5.74) is 0.878. The predicted octanol–water partition coefficient (Wildman–Crippen LogP) is 1.71. The molecule has 10 heteroatoms. The molecule has 0 saturated heterocycles. The standard InChI is InChI=1S/C18H12BF2N7/c19-15-5-1-10-7-12(2-3-13(10)26-15)18(20,21)17(23)28-16(22)6-4-14(27-28)11-8-24-25-9-11/h1-9,22-23H,(H,24,25). The number of halogens is 2. The lowest BCUT2D eigenvalue weighted by atomic mass is 10.0. The van der Waals surface area contributed by atoms with Crippen molar-refractivity contribution in [2.75, 3.05) is 0 Å². The molecule has 0 spiro atoms. The van der Waals surface area contributed by atoms with Crippen molar-refractivity contribution < 1.29 is 8.78 Å². The molecule has 7 nitrogen and oxygen atoms in total. The Bertz CT molecular complexity index is 1250. The summed E-state index contributed by atoms with van der Waals surface area (Å²) < 4.78 is 30.7. The third-order valence-corrected chi connectivity index (χ3v) is 4.21. The second kappa shape index (κ2) is 6.48. The molecule has 0 atom stereocenters. The number of nitrogens with one attached hydrogen (secondary N) is 3. The largest absolute Gasteiger partial charge is 0.331 e. The number of H-pyrrole nitrogens is 1. The van der Waals surface area contributed by atoms with E-state index in [0.29, 0.717) is 26.8 Å². The molecule has 0 fully saturated rings. The topological polar surface area (TPSA) is 107 Å². The first-order chi connectivity index (χ1) is 13.4. The summed E-state index contributed by atoms with van der Waals surface area (Å²) in [7, 11) is 5.61. The van der Waals surface area contributed by atoms with Crippen molar-refractivity contribution in [3.63, 3.8) is 0 Å².